The Hall–Kier alpha value is -3.81. The first-order valence-electron chi connectivity index (χ1n) is 13.1. The molecular formula is C30H21Cl4NO10S. The fraction of sp³-hybridized carbons (Fsp3) is 0.200. The molecule has 16 heteroatoms. The van der Waals surface area contributed by atoms with Gasteiger partial charge in [0.1, 0.15) is 15.9 Å². The van der Waals surface area contributed by atoms with Gasteiger partial charge in [-0.05, 0) is 61.0 Å². The van der Waals surface area contributed by atoms with Gasteiger partial charge < -0.3 is 9.47 Å². The summed E-state index contributed by atoms with van der Waals surface area (Å²) in [4.78, 5) is 78.1. The largest absolute Gasteiger partial charge is 0.456 e. The van der Waals surface area contributed by atoms with Gasteiger partial charge in [-0.2, -0.15) is 0 Å². The Bertz CT molecular complexity index is 1910. The number of nitrogens with zero attached hydrogens (tertiary/aromatic N) is 1. The van der Waals surface area contributed by atoms with Crippen molar-refractivity contribution in [3.63, 3.8) is 0 Å². The molecule has 3 aromatic rings. The molecule has 11 nitrogen and oxygen atoms in total. The van der Waals surface area contributed by atoms with Crippen LogP contribution < -0.4 is 0 Å². The maximum atomic E-state index is 13.4. The number of halogens is 4. The second kappa shape index (κ2) is 14.3. The van der Waals surface area contributed by atoms with E-state index in [9.17, 15) is 37.2 Å². The van der Waals surface area contributed by atoms with Crippen LogP contribution in [0.4, 0.5) is 0 Å². The highest BCUT2D eigenvalue weighted by molar-refractivity contribution is 7.90. The topological polar surface area (TPSA) is 158 Å². The summed E-state index contributed by atoms with van der Waals surface area (Å²) in [5.74, 6) is -6.07. The summed E-state index contributed by atoms with van der Waals surface area (Å²) in [6.07, 6.45) is 0.367. The molecule has 0 unspecified atom stereocenters. The van der Waals surface area contributed by atoms with Crippen molar-refractivity contribution < 1.29 is 46.7 Å². The Morgan fingerprint density at radius 3 is 1.72 bits per heavy atom. The van der Waals surface area contributed by atoms with Gasteiger partial charge in [-0.3, -0.25) is 24.1 Å². The molecule has 0 aromatic heterocycles. The summed E-state index contributed by atoms with van der Waals surface area (Å²) in [5.41, 5.74) is -0.449. The van der Waals surface area contributed by atoms with E-state index < -0.39 is 76.6 Å². The van der Waals surface area contributed by atoms with Crippen LogP contribution in [-0.4, -0.2) is 79.9 Å². The highest BCUT2D eigenvalue weighted by atomic mass is 35.5. The van der Waals surface area contributed by atoms with Crippen molar-refractivity contribution in [1.29, 1.82) is 0 Å². The van der Waals surface area contributed by atoms with Crippen molar-refractivity contribution in [2.45, 2.75) is 12.5 Å². The van der Waals surface area contributed by atoms with Gasteiger partial charge in [0.05, 0.1) is 42.5 Å². The van der Waals surface area contributed by atoms with E-state index in [0.29, 0.717) is 4.90 Å². The summed E-state index contributed by atoms with van der Waals surface area (Å²) >= 11 is 23.6. The number of esters is 2. The predicted octanol–water partition coefficient (Wildman–Crippen LogP) is 5.17. The Kier molecular flexibility index (Phi) is 10.9. The van der Waals surface area contributed by atoms with E-state index in [1.807, 2.05) is 0 Å². The molecule has 0 fully saturated rings. The van der Waals surface area contributed by atoms with Crippen molar-refractivity contribution in [2.75, 3.05) is 25.2 Å². The molecule has 4 rings (SSSR count). The number of hydrogen-bond acceptors (Lipinski definition) is 10. The lowest BCUT2D eigenvalue weighted by Gasteiger charge is -2.24. The molecule has 0 bridgehead atoms. The first-order valence-corrected chi connectivity index (χ1v) is 16.6. The quantitative estimate of drug-likeness (QED) is 0.138. The third kappa shape index (κ3) is 8.12. The summed E-state index contributed by atoms with van der Waals surface area (Å²) < 4.78 is 34.0. The van der Waals surface area contributed by atoms with Crippen LogP contribution >= 0.6 is 46.4 Å². The monoisotopic (exact) mass is 727 g/mol. The number of amides is 2. The Balaban J connectivity index is 1.50. The van der Waals surface area contributed by atoms with Gasteiger partial charge in [-0.15, -0.1) is 0 Å². The van der Waals surface area contributed by atoms with Crippen molar-refractivity contribution in [2.24, 2.45) is 0 Å². The number of rotatable bonds is 12. The zero-order valence-electron chi connectivity index (χ0n) is 23.6. The number of ether oxygens (including phenoxy) is 2. The minimum absolute atomic E-state index is 0.0636. The second-order valence-electron chi connectivity index (χ2n) is 9.96. The molecule has 0 saturated heterocycles. The number of ketones is 2. The van der Waals surface area contributed by atoms with E-state index in [4.69, 9.17) is 55.9 Å². The van der Waals surface area contributed by atoms with Crippen molar-refractivity contribution in [3.8, 4) is 0 Å². The average Bonchev–Trinajstić information content (AvgIpc) is 3.25. The Morgan fingerprint density at radius 1 is 0.696 bits per heavy atom. The lowest BCUT2D eigenvalue weighted by Crippen LogP contribution is -2.46. The molecule has 1 aliphatic heterocycles. The lowest BCUT2D eigenvalue weighted by atomic mass is 10.1. The molecule has 1 heterocycles. The number of sulfone groups is 1. The molecular weight excluding hydrogens is 708 g/mol. The number of benzene rings is 3. The minimum atomic E-state index is -3.68. The molecule has 0 spiro atoms. The number of Topliss-reactive ketones (excluding diaryl/α,β-unsaturated/α-hetero) is 2. The zero-order chi connectivity index (χ0) is 33.9. The molecule has 1 aliphatic rings. The lowest BCUT2D eigenvalue weighted by molar-refractivity contribution is -0.147. The highest BCUT2D eigenvalue weighted by Crippen LogP contribution is 2.29. The van der Waals surface area contributed by atoms with Gasteiger partial charge >= 0.3 is 11.9 Å². The Labute approximate surface area is 282 Å². The van der Waals surface area contributed by atoms with Gasteiger partial charge in [-0.1, -0.05) is 46.4 Å². The SMILES string of the molecule is CS(=O)(=O)CC[C@@H](C(=O)OCC(=O)c1ccc(Cl)c(Cl)c1)N1C(=O)c2ccc(C(=O)OCC(=O)c3ccc(Cl)c(Cl)c3)cc2C1=O. The van der Waals surface area contributed by atoms with Gasteiger partial charge in [0.15, 0.2) is 24.8 Å². The van der Waals surface area contributed by atoms with Crippen LogP contribution in [0.3, 0.4) is 0 Å². The van der Waals surface area contributed by atoms with Crippen molar-refractivity contribution in [1.82, 2.24) is 4.90 Å². The minimum Gasteiger partial charge on any atom is -0.456 e. The smallest absolute Gasteiger partial charge is 0.338 e. The maximum Gasteiger partial charge on any atom is 0.338 e. The number of imide groups is 1. The molecule has 0 saturated carbocycles. The molecule has 0 N–H and O–H groups in total. The molecule has 3 aromatic carbocycles. The highest BCUT2D eigenvalue weighted by Gasteiger charge is 2.44. The first kappa shape index (κ1) is 35.1. The maximum absolute atomic E-state index is 13.4. The summed E-state index contributed by atoms with van der Waals surface area (Å²) in [7, 11) is -3.68. The third-order valence-corrected chi connectivity index (χ3v) is 9.12. The number of hydrogen-bond donors (Lipinski definition) is 0. The number of carbonyl (C=O) groups is 6. The van der Waals surface area contributed by atoms with E-state index in [1.165, 1.54) is 42.5 Å². The van der Waals surface area contributed by atoms with E-state index in [-0.39, 0.29) is 47.9 Å². The summed E-state index contributed by atoms with van der Waals surface area (Å²) in [5, 5.41) is 0.624. The standard InChI is InChI=1S/C30H21Cl4NO10S/c1-46(42,43)9-8-24(30(41)45-14-26(37)16-4-7-21(32)23(34)12-16)35-27(38)18-5-2-17(10-19(18)28(35)39)29(40)44-13-25(36)15-3-6-20(31)22(33)11-15/h2-7,10-12,24H,8-9,13-14H2,1H3/t24-/m0/s1. The molecule has 1 atom stereocenters. The van der Waals surface area contributed by atoms with Crippen LogP contribution in [0.5, 0.6) is 0 Å². The van der Waals surface area contributed by atoms with E-state index >= 15 is 0 Å². The van der Waals surface area contributed by atoms with Crippen molar-refractivity contribution >= 4 is 91.6 Å². The molecule has 240 valence electrons. The molecule has 46 heavy (non-hydrogen) atoms. The first-order chi connectivity index (χ1) is 21.6. The zero-order valence-corrected chi connectivity index (χ0v) is 27.4. The second-order valence-corrected chi connectivity index (χ2v) is 13.9. The summed E-state index contributed by atoms with van der Waals surface area (Å²) in [6, 6.07) is 9.73. The van der Waals surface area contributed by atoms with E-state index in [1.54, 1.807) is 0 Å². The van der Waals surface area contributed by atoms with Crippen molar-refractivity contribution in [3.05, 3.63) is 103 Å². The van der Waals surface area contributed by atoms with E-state index in [2.05, 4.69) is 0 Å². The normalized spacial score (nSPS) is 13.3. The van der Waals surface area contributed by atoms with Gasteiger partial charge in [0.2, 0.25) is 0 Å². The Morgan fingerprint density at radius 2 is 1.20 bits per heavy atom. The molecule has 0 aliphatic carbocycles. The van der Waals surface area contributed by atoms with Crippen LogP contribution in [0.15, 0.2) is 54.6 Å². The van der Waals surface area contributed by atoms with Crippen LogP contribution in [-0.2, 0) is 24.1 Å². The van der Waals surface area contributed by atoms with Crippen LogP contribution in [0.2, 0.25) is 20.1 Å². The molecule has 2 amide bonds. The average molecular weight is 729 g/mol. The van der Waals surface area contributed by atoms with Crippen LogP contribution in [0.25, 0.3) is 0 Å². The van der Waals surface area contributed by atoms with Gasteiger partial charge in [-0.25, -0.2) is 18.0 Å². The van der Waals surface area contributed by atoms with E-state index in [0.717, 1.165) is 18.4 Å². The predicted molar refractivity (Wildman–Crippen MR) is 168 cm³/mol. The fourth-order valence-electron chi connectivity index (χ4n) is 4.30. The molecule has 0 radical (unpaired) electrons. The van der Waals surface area contributed by atoms with Crippen LogP contribution in [0.1, 0.15) is 58.2 Å². The fourth-order valence-corrected chi connectivity index (χ4v) is 5.55. The van der Waals surface area contributed by atoms with Crippen LogP contribution in [0, 0.1) is 0 Å². The third-order valence-electron chi connectivity index (χ3n) is 6.66. The number of fused-ring (bicyclic) bond motifs is 1. The summed E-state index contributed by atoms with van der Waals surface area (Å²) in [6.45, 7) is -1.49. The van der Waals surface area contributed by atoms with Gasteiger partial charge in [0, 0.05) is 17.4 Å². The van der Waals surface area contributed by atoms with Gasteiger partial charge in [0.25, 0.3) is 11.8 Å². The number of carbonyl (C=O) groups excluding carboxylic acids is 6.